The summed E-state index contributed by atoms with van der Waals surface area (Å²) in [5, 5.41) is 0. The number of nitrogens with zero attached hydrogens (tertiary/aromatic N) is 6. The van der Waals surface area contributed by atoms with E-state index in [1.807, 2.05) is 13.0 Å². The highest BCUT2D eigenvalue weighted by molar-refractivity contribution is 7.86. The third-order valence-corrected chi connectivity index (χ3v) is 6.44. The van der Waals surface area contributed by atoms with Gasteiger partial charge in [-0.3, -0.25) is 0 Å². The maximum Gasteiger partial charge on any atom is 0.281 e. The van der Waals surface area contributed by atoms with Crippen molar-refractivity contribution in [2.75, 3.05) is 76.4 Å². The van der Waals surface area contributed by atoms with Crippen LogP contribution in [0.4, 0.5) is 11.6 Å². The molecular weight excluding hydrogens is 344 g/mol. The molecule has 25 heavy (non-hydrogen) atoms. The van der Waals surface area contributed by atoms with E-state index in [2.05, 4.69) is 19.8 Å². The first kappa shape index (κ1) is 18.3. The maximum absolute atomic E-state index is 12.2. The molecule has 1 aromatic rings. The molecule has 2 fully saturated rings. The quantitative estimate of drug-likeness (QED) is 0.710. The van der Waals surface area contributed by atoms with Crippen molar-refractivity contribution in [1.82, 2.24) is 18.6 Å². The van der Waals surface area contributed by atoms with Crippen molar-refractivity contribution < 1.29 is 13.2 Å². The third kappa shape index (κ3) is 4.02. The minimum Gasteiger partial charge on any atom is -0.378 e. The number of aryl methyl sites for hydroxylation is 1. The Morgan fingerprint density at radius 3 is 2.00 bits per heavy atom. The van der Waals surface area contributed by atoms with Gasteiger partial charge in [-0.05, 0) is 6.92 Å². The van der Waals surface area contributed by atoms with E-state index >= 15 is 0 Å². The Kier molecular flexibility index (Phi) is 5.42. The summed E-state index contributed by atoms with van der Waals surface area (Å²) >= 11 is 0. The molecule has 10 heteroatoms. The van der Waals surface area contributed by atoms with E-state index < -0.39 is 10.2 Å². The highest BCUT2D eigenvalue weighted by Gasteiger charge is 2.29. The van der Waals surface area contributed by atoms with E-state index in [0.717, 1.165) is 30.5 Å². The normalized spacial score (nSPS) is 20.3. The molecule has 1 aromatic heterocycles. The summed E-state index contributed by atoms with van der Waals surface area (Å²) < 4.78 is 32.6. The van der Waals surface area contributed by atoms with Gasteiger partial charge in [-0.1, -0.05) is 0 Å². The summed E-state index contributed by atoms with van der Waals surface area (Å²) in [5.41, 5.74) is 0. The number of hydrogen-bond donors (Lipinski definition) is 0. The standard InChI is InChI=1S/C15H26N6O3S/c1-13-16-14(12-15(17-13)20-8-10-24-11-9-20)19-4-6-21(7-5-19)25(22,23)18(2)3/h12H,4-11H2,1-3H3. The lowest BCUT2D eigenvalue weighted by atomic mass is 10.3. The zero-order valence-electron chi connectivity index (χ0n) is 15.1. The van der Waals surface area contributed by atoms with Gasteiger partial charge < -0.3 is 14.5 Å². The highest BCUT2D eigenvalue weighted by Crippen LogP contribution is 2.22. The molecular formula is C15H26N6O3S. The van der Waals surface area contributed by atoms with E-state index in [1.54, 1.807) is 14.1 Å². The second kappa shape index (κ2) is 7.40. The van der Waals surface area contributed by atoms with Crippen molar-refractivity contribution in [3.8, 4) is 0 Å². The van der Waals surface area contributed by atoms with Crippen molar-refractivity contribution in [3.63, 3.8) is 0 Å². The molecule has 0 spiro atoms. The van der Waals surface area contributed by atoms with Gasteiger partial charge in [0.25, 0.3) is 10.2 Å². The van der Waals surface area contributed by atoms with Gasteiger partial charge in [0.15, 0.2) is 0 Å². The summed E-state index contributed by atoms with van der Waals surface area (Å²) in [5.74, 6) is 2.49. The van der Waals surface area contributed by atoms with Crippen molar-refractivity contribution >= 4 is 21.8 Å². The second-order valence-corrected chi connectivity index (χ2v) is 8.55. The average molecular weight is 370 g/mol. The molecule has 0 aromatic carbocycles. The summed E-state index contributed by atoms with van der Waals surface area (Å²) in [7, 11) is -0.235. The highest BCUT2D eigenvalue weighted by atomic mass is 32.2. The van der Waals surface area contributed by atoms with Gasteiger partial charge in [0.1, 0.15) is 17.5 Å². The number of aromatic nitrogens is 2. The first-order valence-corrected chi connectivity index (χ1v) is 9.88. The first-order chi connectivity index (χ1) is 11.9. The van der Waals surface area contributed by atoms with Gasteiger partial charge in [-0.2, -0.15) is 17.0 Å². The van der Waals surface area contributed by atoms with Crippen LogP contribution in [0, 0.1) is 6.92 Å². The SMILES string of the molecule is Cc1nc(N2CCOCC2)cc(N2CCN(S(=O)(=O)N(C)C)CC2)n1. The fraction of sp³-hybridized carbons (Fsp3) is 0.733. The maximum atomic E-state index is 12.2. The molecule has 0 N–H and O–H groups in total. The Hall–Kier alpha value is -1.49. The Balaban J connectivity index is 1.72. The van der Waals surface area contributed by atoms with Crippen LogP contribution in [0.25, 0.3) is 0 Å². The monoisotopic (exact) mass is 370 g/mol. The molecule has 0 atom stereocenters. The fourth-order valence-electron chi connectivity index (χ4n) is 3.03. The lowest BCUT2D eigenvalue weighted by Crippen LogP contribution is -2.52. The first-order valence-electron chi connectivity index (χ1n) is 8.49. The molecule has 0 amide bonds. The molecule has 3 rings (SSSR count). The minimum atomic E-state index is -3.35. The Bertz CT molecular complexity index is 697. The van der Waals surface area contributed by atoms with Gasteiger partial charge >= 0.3 is 0 Å². The van der Waals surface area contributed by atoms with Crippen LogP contribution in [-0.2, 0) is 14.9 Å². The zero-order chi connectivity index (χ0) is 18.0. The zero-order valence-corrected chi connectivity index (χ0v) is 15.9. The molecule has 3 heterocycles. The van der Waals surface area contributed by atoms with E-state index in [1.165, 1.54) is 8.61 Å². The van der Waals surface area contributed by atoms with Crippen molar-refractivity contribution in [2.45, 2.75) is 6.92 Å². The number of morpholine rings is 1. The number of piperazine rings is 1. The molecule has 140 valence electrons. The molecule has 0 aliphatic carbocycles. The van der Waals surface area contributed by atoms with E-state index in [-0.39, 0.29) is 0 Å². The number of rotatable bonds is 4. The summed E-state index contributed by atoms with van der Waals surface area (Å²) in [6, 6.07) is 1.99. The van der Waals surface area contributed by atoms with Gasteiger partial charge in [0, 0.05) is 59.4 Å². The van der Waals surface area contributed by atoms with Crippen LogP contribution in [-0.4, -0.2) is 93.6 Å². The number of ether oxygens (including phenoxy) is 1. The van der Waals surface area contributed by atoms with Crippen molar-refractivity contribution in [3.05, 3.63) is 11.9 Å². The van der Waals surface area contributed by atoms with Crippen LogP contribution in [0.1, 0.15) is 5.82 Å². The number of anilines is 2. The average Bonchev–Trinajstić information content (AvgIpc) is 2.62. The molecule has 0 bridgehead atoms. The van der Waals surface area contributed by atoms with Crippen molar-refractivity contribution in [1.29, 1.82) is 0 Å². The predicted octanol–water partition coefficient (Wildman–Crippen LogP) is -0.450. The van der Waals surface area contributed by atoms with E-state index in [0.29, 0.717) is 39.4 Å². The molecule has 2 aliphatic heterocycles. The second-order valence-electron chi connectivity index (χ2n) is 6.41. The molecule has 2 saturated heterocycles. The van der Waals surface area contributed by atoms with Crippen LogP contribution in [0.3, 0.4) is 0 Å². The van der Waals surface area contributed by atoms with Gasteiger partial charge in [-0.15, -0.1) is 0 Å². The molecule has 9 nitrogen and oxygen atoms in total. The van der Waals surface area contributed by atoms with Crippen LogP contribution in [0.2, 0.25) is 0 Å². The lowest BCUT2D eigenvalue weighted by molar-refractivity contribution is 0.122. The molecule has 2 aliphatic rings. The minimum absolute atomic E-state index is 0.455. The van der Waals surface area contributed by atoms with E-state index in [9.17, 15) is 8.42 Å². The fourth-order valence-corrected chi connectivity index (χ4v) is 4.12. The Labute approximate surface area is 149 Å². The Morgan fingerprint density at radius 2 is 1.48 bits per heavy atom. The third-order valence-electron chi connectivity index (χ3n) is 4.50. The summed E-state index contributed by atoms with van der Waals surface area (Å²) in [6.45, 7) is 7.10. The van der Waals surface area contributed by atoms with Crippen LogP contribution < -0.4 is 9.80 Å². The summed E-state index contributed by atoms with van der Waals surface area (Å²) in [6.07, 6.45) is 0. The summed E-state index contributed by atoms with van der Waals surface area (Å²) in [4.78, 5) is 13.4. The topological polar surface area (TPSA) is 82.1 Å². The predicted molar refractivity (Wildman–Crippen MR) is 96.2 cm³/mol. The van der Waals surface area contributed by atoms with Crippen LogP contribution in [0.15, 0.2) is 6.07 Å². The molecule has 0 saturated carbocycles. The molecule has 0 unspecified atom stereocenters. The molecule has 0 radical (unpaired) electrons. The number of hydrogen-bond acceptors (Lipinski definition) is 7. The van der Waals surface area contributed by atoms with Gasteiger partial charge in [-0.25, -0.2) is 9.97 Å². The largest absolute Gasteiger partial charge is 0.378 e. The van der Waals surface area contributed by atoms with Crippen molar-refractivity contribution in [2.24, 2.45) is 0 Å². The van der Waals surface area contributed by atoms with Gasteiger partial charge in [0.05, 0.1) is 13.2 Å². The smallest absolute Gasteiger partial charge is 0.281 e. The lowest BCUT2D eigenvalue weighted by Gasteiger charge is -2.36. The van der Waals surface area contributed by atoms with Crippen LogP contribution >= 0.6 is 0 Å². The van der Waals surface area contributed by atoms with Crippen LogP contribution in [0.5, 0.6) is 0 Å². The van der Waals surface area contributed by atoms with Gasteiger partial charge in [0.2, 0.25) is 0 Å². The Morgan fingerprint density at radius 1 is 0.960 bits per heavy atom. The van der Waals surface area contributed by atoms with E-state index in [4.69, 9.17) is 4.74 Å².